The molecule has 2 saturated heterocycles. The number of nitrogens with zero attached hydrogens (tertiary/aromatic N) is 1. The maximum absolute atomic E-state index is 11.6. The summed E-state index contributed by atoms with van der Waals surface area (Å²) < 4.78 is 0. The van der Waals surface area contributed by atoms with Crippen LogP contribution in [0, 0.1) is 17.8 Å². The first-order valence-corrected chi connectivity index (χ1v) is 7.86. The van der Waals surface area contributed by atoms with Gasteiger partial charge in [0.05, 0.1) is 5.92 Å². The standard InChI is InChI=1S/C15H29N3O/c1-12-7-13(2)11-18(10-12)6-4-3-5-17-15(19)14-8-16-9-14/h12-14,16H,3-11H2,1-2H3,(H,17,19). The Labute approximate surface area is 117 Å². The number of likely N-dealkylation sites (tertiary alicyclic amines) is 1. The average molecular weight is 267 g/mol. The van der Waals surface area contributed by atoms with Crippen LogP contribution in [0.4, 0.5) is 0 Å². The zero-order valence-electron chi connectivity index (χ0n) is 12.5. The quantitative estimate of drug-likeness (QED) is 0.708. The highest BCUT2D eigenvalue weighted by Crippen LogP contribution is 2.20. The Morgan fingerprint density at radius 2 is 1.89 bits per heavy atom. The molecule has 2 fully saturated rings. The van der Waals surface area contributed by atoms with Crippen LogP contribution < -0.4 is 10.6 Å². The molecule has 2 aliphatic rings. The summed E-state index contributed by atoms with van der Waals surface area (Å²) in [7, 11) is 0. The van der Waals surface area contributed by atoms with E-state index in [1.54, 1.807) is 0 Å². The topological polar surface area (TPSA) is 44.4 Å². The van der Waals surface area contributed by atoms with E-state index in [-0.39, 0.29) is 11.8 Å². The van der Waals surface area contributed by atoms with E-state index >= 15 is 0 Å². The number of rotatable bonds is 6. The molecule has 2 rings (SSSR count). The molecule has 0 radical (unpaired) electrons. The lowest BCUT2D eigenvalue weighted by Crippen LogP contribution is -2.50. The fourth-order valence-electron chi connectivity index (χ4n) is 3.27. The Balaban J connectivity index is 1.50. The smallest absolute Gasteiger partial charge is 0.225 e. The minimum Gasteiger partial charge on any atom is -0.356 e. The Morgan fingerprint density at radius 1 is 1.21 bits per heavy atom. The summed E-state index contributed by atoms with van der Waals surface area (Å²) in [6, 6.07) is 0. The number of hydrogen-bond donors (Lipinski definition) is 2. The largest absolute Gasteiger partial charge is 0.356 e. The summed E-state index contributed by atoms with van der Waals surface area (Å²) in [5.74, 6) is 2.15. The van der Waals surface area contributed by atoms with Gasteiger partial charge in [0.1, 0.15) is 0 Å². The van der Waals surface area contributed by atoms with Gasteiger partial charge in [0, 0.05) is 32.7 Å². The van der Waals surface area contributed by atoms with E-state index < -0.39 is 0 Å². The Kier molecular flexibility index (Phi) is 5.64. The number of unbranched alkanes of at least 4 members (excludes halogenated alkanes) is 1. The molecule has 2 atom stereocenters. The van der Waals surface area contributed by atoms with Crippen molar-refractivity contribution in [2.24, 2.45) is 17.8 Å². The van der Waals surface area contributed by atoms with Crippen LogP contribution in [0.25, 0.3) is 0 Å². The van der Waals surface area contributed by atoms with Crippen LogP contribution in [0.2, 0.25) is 0 Å². The van der Waals surface area contributed by atoms with Crippen LogP contribution in [0.1, 0.15) is 33.1 Å². The van der Waals surface area contributed by atoms with Crippen LogP contribution in [-0.2, 0) is 4.79 Å². The lowest BCUT2D eigenvalue weighted by molar-refractivity contribution is -0.126. The molecule has 0 saturated carbocycles. The third-order valence-electron chi connectivity index (χ3n) is 4.30. The summed E-state index contributed by atoms with van der Waals surface area (Å²) in [6.07, 6.45) is 3.68. The second-order valence-corrected chi connectivity index (χ2v) is 6.56. The number of nitrogens with one attached hydrogen (secondary N) is 2. The van der Waals surface area contributed by atoms with E-state index in [0.717, 1.165) is 37.9 Å². The lowest BCUT2D eigenvalue weighted by atomic mass is 9.92. The molecule has 4 nitrogen and oxygen atoms in total. The molecule has 4 heteroatoms. The first kappa shape index (κ1) is 14.8. The second-order valence-electron chi connectivity index (χ2n) is 6.56. The van der Waals surface area contributed by atoms with Gasteiger partial charge in [-0.25, -0.2) is 0 Å². The van der Waals surface area contributed by atoms with Gasteiger partial charge >= 0.3 is 0 Å². The first-order chi connectivity index (χ1) is 9.15. The molecular weight excluding hydrogens is 238 g/mol. The van der Waals surface area contributed by atoms with Crippen molar-refractivity contribution >= 4 is 5.91 Å². The highest BCUT2D eigenvalue weighted by atomic mass is 16.2. The van der Waals surface area contributed by atoms with E-state index in [2.05, 4.69) is 29.4 Å². The number of hydrogen-bond acceptors (Lipinski definition) is 3. The third kappa shape index (κ3) is 4.77. The van der Waals surface area contributed by atoms with Crippen molar-refractivity contribution < 1.29 is 4.79 Å². The van der Waals surface area contributed by atoms with E-state index in [0.29, 0.717) is 0 Å². The molecule has 0 spiro atoms. The van der Waals surface area contributed by atoms with Crippen molar-refractivity contribution in [3.8, 4) is 0 Å². The van der Waals surface area contributed by atoms with Crippen LogP contribution in [-0.4, -0.2) is 50.1 Å². The molecular formula is C15H29N3O. The average Bonchev–Trinajstić information content (AvgIpc) is 2.24. The van der Waals surface area contributed by atoms with Gasteiger partial charge < -0.3 is 15.5 Å². The fourth-order valence-corrected chi connectivity index (χ4v) is 3.27. The lowest BCUT2D eigenvalue weighted by Gasteiger charge is -2.35. The molecule has 2 aliphatic heterocycles. The molecule has 2 heterocycles. The number of piperidine rings is 1. The second kappa shape index (κ2) is 7.25. The van der Waals surface area contributed by atoms with Crippen molar-refractivity contribution in [3.05, 3.63) is 0 Å². The Morgan fingerprint density at radius 3 is 2.47 bits per heavy atom. The third-order valence-corrected chi connectivity index (χ3v) is 4.30. The highest BCUT2D eigenvalue weighted by molar-refractivity contribution is 5.79. The molecule has 0 aromatic carbocycles. The maximum atomic E-state index is 11.6. The molecule has 1 amide bonds. The van der Waals surface area contributed by atoms with Gasteiger partial charge in [-0.1, -0.05) is 13.8 Å². The Bertz CT molecular complexity index is 281. The summed E-state index contributed by atoms with van der Waals surface area (Å²) in [6.45, 7) is 11.0. The molecule has 0 aromatic rings. The minimum absolute atomic E-state index is 0.226. The van der Waals surface area contributed by atoms with Crippen LogP contribution in [0.3, 0.4) is 0 Å². The minimum atomic E-state index is 0.226. The first-order valence-electron chi connectivity index (χ1n) is 7.86. The van der Waals surface area contributed by atoms with Crippen molar-refractivity contribution in [1.82, 2.24) is 15.5 Å². The molecule has 19 heavy (non-hydrogen) atoms. The van der Waals surface area contributed by atoms with Crippen molar-refractivity contribution in [1.29, 1.82) is 0 Å². The van der Waals surface area contributed by atoms with Gasteiger partial charge in [0.25, 0.3) is 0 Å². The highest BCUT2D eigenvalue weighted by Gasteiger charge is 2.24. The molecule has 2 unspecified atom stereocenters. The summed E-state index contributed by atoms with van der Waals surface area (Å²) >= 11 is 0. The van der Waals surface area contributed by atoms with Crippen molar-refractivity contribution in [2.75, 3.05) is 39.3 Å². The Hall–Kier alpha value is -0.610. The fraction of sp³-hybridized carbons (Fsp3) is 0.933. The maximum Gasteiger partial charge on any atom is 0.225 e. The van der Waals surface area contributed by atoms with Gasteiger partial charge in [-0.15, -0.1) is 0 Å². The molecule has 0 bridgehead atoms. The molecule has 0 aromatic heterocycles. The predicted molar refractivity (Wildman–Crippen MR) is 78.0 cm³/mol. The van der Waals surface area contributed by atoms with E-state index in [4.69, 9.17) is 0 Å². The normalized spacial score (nSPS) is 28.9. The van der Waals surface area contributed by atoms with Crippen molar-refractivity contribution in [2.45, 2.75) is 33.1 Å². The van der Waals surface area contributed by atoms with E-state index in [1.807, 2.05) is 0 Å². The summed E-state index contributed by atoms with van der Waals surface area (Å²) in [5.41, 5.74) is 0. The molecule has 110 valence electrons. The van der Waals surface area contributed by atoms with Gasteiger partial charge in [0.2, 0.25) is 5.91 Å². The molecule has 0 aliphatic carbocycles. The van der Waals surface area contributed by atoms with Crippen molar-refractivity contribution in [3.63, 3.8) is 0 Å². The number of amides is 1. The predicted octanol–water partition coefficient (Wildman–Crippen LogP) is 1.08. The van der Waals surface area contributed by atoms with Gasteiger partial charge in [0.15, 0.2) is 0 Å². The van der Waals surface area contributed by atoms with Gasteiger partial charge in [-0.2, -0.15) is 0 Å². The van der Waals surface area contributed by atoms with Gasteiger partial charge in [-0.05, 0) is 37.6 Å². The zero-order chi connectivity index (χ0) is 13.7. The molecule has 2 N–H and O–H groups in total. The van der Waals surface area contributed by atoms with Gasteiger partial charge in [-0.3, -0.25) is 4.79 Å². The number of carbonyl (C=O) groups is 1. The summed E-state index contributed by atoms with van der Waals surface area (Å²) in [4.78, 5) is 14.2. The SMILES string of the molecule is CC1CC(C)CN(CCCCNC(=O)C2CNC2)C1. The van der Waals surface area contributed by atoms with Crippen LogP contribution >= 0.6 is 0 Å². The van der Waals surface area contributed by atoms with E-state index in [1.165, 1.54) is 32.5 Å². The monoisotopic (exact) mass is 267 g/mol. The van der Waals surface area contributed by atoms with Crippen LogP contribution in [0.15, 0.2) is 0 Å². The zero-order valence-corrected chi connectivity index (χ0v) is 12.5. The van der Waals surface area contributed by atoms with E-state index in [9.17, 15) is 4.79 Å². The van der Waals surface area contributed by atoms with Crippen LogP contribution in [0.5, 0.6) is 0 Å². The summed E-state index contributed by atoms with van der Waals surface area (Å²) in [5, 5.41) is 6.17. The number of carbonyl (C=O) groups excluding carboxylic acids is 1.